The lowest BCUT2D eigenvalue weighted by atomic mass is 9.98. The molecule has 0 radical (unpaired) electrons. The Hall–Kier alpha value is -2.28. The number of carbonyl (C=O) groups excluding carboxylic acids is 2. The summed E-state index contributed by atoms with van der Waals surface area (Å²) >= 11 is 0. The zero-order valence-electron chi connectivity index (χ0n) is 17.1. The third-order valence-electron chi connectivity index (χ3n) is 6.05. The molecule has 2 saturated heterocycles. The van der Waals surface area contributed by atoms with Gasteiger partial charge in [-0.3, -0.25) is 14.5 Å². The number of piperidine rings is 1. The summed E-state index contributed by atoms with van der Waals surface area (Å²) in [5.74, 6) is 1.31. The van der Waals surface area contributed by atoms with Crippen LogP contribution < -0.4 is 9.47 Å². The highest BCUT2D eigenvalue weighted by Crippen LogP contribution is 2.38. The molecule has 3 heterocycles. The summed E-state index contributed by atoms with van der Waals surface area (Å²) in [6.45, 7) is 5.83. The third-order valence-corrected chi connectivity index (χ3v) is 6.05. The van der Waals surface area contributed by atoms with Gasteiger partial charge in [0.15, 0.2) is 11.5 Å². The monoisotopic (exact) mass is 402 g/mol. The van der Waals surface area contributed by atoms with Crippen molar-refractivity contribution < 1.29 is 23.8 Å². The van der Waals surface area contributed by atoms with Crippen molar-refractivity contribution in [1.29, 1.82) is 0 Å². The number of nitrogens with zero attached hydrogens (tertiary/aromatic N) is 2. The number of rotatable bonds is 5. The minimum absolute atomic E-state index is 0.100. The van der Waals surface area contributed by atoms with Crippen LogP contribution in [-0.2, 0) is 14.3 Å². The van der Waals surface area contributed by atoms with Crippen LogP contribution in [0.1, 0.15) is 44.2 Å². The Morgan fingerprint density at radius 2 is 1.90 bits per heavy atom. The van der Waals surface area contributed by atoms with Crippen molar-refractivity contribution in [3.05, 3.63) is 23.8 Å². The molecule has 0 spiro atoms. The van der Waals surface area contributed by atoms with E-state index in [-0.39, 0.29) is 23.8 Å². The van der Waals surface area contributed by atoms with Crippen LogP contribution >= 0.6 is 0 Å². The summed E-state index contributed by atoms with van der Waals surface area (Å²) in [5, 5.41) is 0. The normalized spacial score (nSPS) is 24.4. The Bertz CT molecular complexity index is 753. The van der Waals surface area contributed by atoms with E-state index in [1.54, 1.807) is 0 Å². The first-order chi connectivity index (χ1) is 14.2. The first-order valence-corrected chi connectivity index (χ1v) is 10.7. The maximum Gasteiger partial charge on any atom is 0.310 e. The molecular formula is C22H30N2O5. The van der Waals surface area contributed by atoms with E-state index in [1.165, 1.54) is 5.56 Å². The highest BCUT2D eigenvalue weighted by atomic mass is 16.6. The smallest absolute Gasteiger partial charge is 0.310 e. The van der Waals surface area contributed by atoms with Gasteiger partial charge in [0, 0.05) is 19.1 Å². The van der Waals surface area contributed by atoms with Crippen LogP contribution in [0.5, 0.6) is 11.5 Å². The number of hydrogen-bond acceptors (Lipinski definition) is 6. The van der Waals surface area contributed by atoms with Crippen molar-refractivity contribution in [3.63, 3.8) is 0 Å². The van der Waals surface area contributed by atoms with E-state index in [0.717, 1.165) is 50.3 Å². The van der Waals surface area contributed by atoms with Crippen LogP contribution in [0.2, 0.25) is 0 Å². The lowest BCUT2D eigenvalue weighted by Crippen LogP contribution is -2.46. The van der Waals surface area contributed by atoms with Crippen molar-refractivity contribution in [2.24, 2.45) is 5.92 Å². The first-order valence-electron chi connectivity index (χ1n) is 10.7. The highest BCUT2D eigenvalue weighted by molar-refractivity contribution is 5.80. The molecule has 7 nitrogen and oxygen atoms in total. The summed E-state index contributed by atoms with van der Waals surface area (Å²) in [6.07, 6.45) is 3.74. The van der Waals surface area contributed by atoms with E-state index in [1.807, 2.05) is 17.9 Å². The van der Waals surface area contributed by atoms with Gasteiger partial charge < -0.3 is 19.1 Å². The number of ether oxygens (including phenoxy) is 3. The fraction of sp³-hybridized carbons (Fsp3) is 0.636. The summed E-state index contributed by atoms with van der Waals surface area (Å²) in [6, 6.07) is 6.31. The SMILES string of the molecule is CCOC(=O)[C@@H]1CCCN(C(=O)CN2CCC[C@H]2c2ccc3c(c2)OCCO3)C1. The van der Waals surface area contributed by atoms with Gasteiger partial charge >= 0.3 is 5.97 Å². The van der Waals surface area contributed by atoms with Gasteiger partial charge in [0.1, 0.15) is 13.2 Å². The lowest BCUT2D eigenvalue weighted by Gasteiger charge is -2.34. The molecular weight excluding hydrogens is 372 g/mol. The Kier molecular flexibility index (Phi) is 6.23. The third kappa shape index (κ3) is 4.50. The summed E-state index contributed by atoms with van der Waals surface area (Å²) in [4.78, 5) is 29.1. The number of benzene rings is 1. The number of fused-ring (bicyclic) bond motifs is 1. The quantitative estimate of drug-likeness (QED) is 0.705. The lowest BCUT2D eigenvalue weighted by molar-refractivity contribution is -0.151. The molecule has 0 aliphatic carbocycles. The second-order valence-corrected chi connectivity index (χ2v) is 7.96. The fourth-order valence-corrected chi connectivity index (χ4v) is 4.59. The zero-order chi connectivity index (χ0) is 20.2. The van der Waals surface area contributed by atoms with Crippen molar-refractivity contribution in [3.8, 4) is 11.5 Å². The molecule has 3 aliphatic rings. The zero-order valence-corrected chi connectivity index (χ0v) is 17.1. The number of hydrogen-bond donors (Lipinski definition) is 0. The second-order valence-electron chi connectivity index (χ2n) is 7.96. The number of carbonyl (C=O) groups is 2. The number of likely N-dealkylation sites (tertiary alicyclic amines) is 2. The average Bonchev–Trinajstić information content (AvgIpc) is 3.21. The highest BCUT2D eigenvalue weighted by Gasteiger charge is 2.33. The van der Waals surface area contributed by atoms with Crippen LogP contribution in [-0.4, -0.2) is 67.7 Å². The molecule has 158 valence electrons. The van der Waals surface area contributed by atoms with E-state index < -0.39 is 0 Å². The molecule has 2 fully saturated rings. The molecule has 0 saturated carbocycles. The summed E-state index contributed by atoms with van der Waals surface area (Å²) < 4.78 is 16.5. The van der Waals surface area contributed by atoms with Crippen molar-refractivity contribution in [2.45, 2.75) is 38.6 Å². The molecule has 2 atom stereocenters. The van der Waals surface area contributed by atoms with Crippen LogP contribution in [0.3, 0.4) is 0 Å². The molecule has 1 amide bonds. The Balaban J connectivity index is 1.39. The summed E-state index contributed by atoms with van der Waals surface area (Å²) in [5.41, 5.74) is 1.17. The molecule has 1 aromatic rings. The second kappa shape index (κ2) is 9.03. The van der Waals surface area contributed by atoms with Gasteiger partial charge in [-0.15, -0.1) is 0 Å². The van der Waals surface area contributed by atoms with Crippen LogP contribution in [0.15, 0.2) is 18.2 Å². The van der Waals surface area contributed by atoms with Crippen molar-refractivity contribution >= 4 is 11.9 Å². The molecule has 29 heavy (non-hydrogen) atoms. The standard InChI is InChI=1S/C22H30N2O5/c1-2-27-22(26)17-5-3-10-24(14-17)21(25)15-23-9-4-6-18(23)16-7-8-19-20(13-16)29-12-11-28-19/h7-8,13,17-18H,2-6,9-12,14-15H2,1H3/t17-,18+/m1/s1. The summed E-state index contributed by atoms with van der Waals surface area (Å²) in [7, 11) is 0. The molecule has 7 heteroatoms. The predicted octanol–water partition coefficient (Wildman–Crippen LogP) is 2.40. The molecule has 0 N–H and O–H groups in total. The van der Waals surface area contributed by atoms with Crippen LogP contribution in [0.25, 0.3) is 0 Å². The molecule has 3 aliphatic heterocycles. The number of esters is 1. The van der Waals surface area contributed by atoms with Gasteiger partial charge in [0.05, 0.1) is 19.1 Å². The number of amides is 1. The van der Waals surface area contributed by atoms with Gasteiger partial charge in [-0.05, 0) is 56.8 Å². The first kappa shape index (κ1) is 20.0. The van der Waals surface area contributed by atoms with Crippen LogP contribution in [0.4, 0.5) is 0 Å². The van der Waals surface area contributed by atoms with E-state index in [0.29, 0.717) is 32.9 Å². The van der Waals surface area contributed by atoms with Gasteiger partial charge in [-0.2, -0.15) is 0 Å². The van der Waals surface area contributed by atoms with E-state index >= 15 is 0 Å². The molecule has 0 unspecified atom stereocenters. The van der Waals surface area contributed by atoms with Gasteiger partial charge in [-0.1, -0.05) is 6.07 Å². The van der Waals surface area contributed by atoms with Crippen molar-refractivity contribution in [2.75, 3.05) is 46.0 Å². The fourth-order valence-electron chi connectivity index (χ4n) is 4.59. The van der Waals surface area contributed by atoms with Gasteiger partial charge in [0.2, 0.25) is 5.91 Å². The largest absolute Gasteiger partial charge is 0.486 e. The predicted molar refractivity (Wildman–Crippen MR) is 107 cm³/mol. The van der Waals surface area contributed by atoms with E-state index in [9.17, 15) is 9.59 Å². The van der Waals surface area contributed by atoms with E-state index in [4.69, 9.17) is 14.2 Å². The topological polar surface area (TPSA) is 68.3 Å². The average molecular weight is 402 g/mol. The minimum atomic E-state index is -0.195. The maximum absolute atomic E-state index is 13.0. The Morgan fingerprint density at radius 3 is 2.72 bits per heavy atom. The van der Waals surface area contributed by atoms with Crippen molar-refractivity contribution in [1.82, 2.24) is 9.80 Å². The Labute approximate surface area is 171 Å². The minimum Gasteiger partial charge on any atom is -0.486 e. The van der Waals surface area contributed by atoms with E-state index in [2.05, 4.69) is 17.0 Å². The van der Waals surface area contributed by atoms with Gasteiger partial charge in [0.25, 0.3) is 0 Å². The Morgan fingerprint density at radius 1 is 1.10 bits per heavy atom. The molecule has 0 aromatic heterocycles. The maximum atomic E-state index is 13.0. The molecule has 4 rings (SSSR count). The molecule has 0 bridgehead atoms. The molecule has 1 aromatic carbocycles. The van der Waals surface area contributed by atoms with Crippen LogP contribution in [0, 0.1) is 5.92 Å². The van der Waals surface area contributed by atoms with Gasteiger partial charge in [-0.25, -0.2) is 0 Å².